The van der Waals surface area contributed by atoms with E-state index in [2.05, 4.69) is 57.1 Å². The smallest absolute Gasteiger partial charge is 0.283 e. The number of para-hydroxylation sites is 1. The summed E-state index contributed by atoms with van der Waals surface area (Å²) in [5.74, 6) is -0.467. The van der Waals surface area contributed by atoms with Crippen LogP contribution in [0.3, 0.4) is 0 Å². The highest BCUT2D eigenvalue weighted by Gasteiger charge is 2.36. The van der Waals surface area contributed by atoms with Crippen LogP contribution in [0.15, 0.2) is 113 Å². The Morgan fingerprint density at radius 1 is 0.897 bits per heavy atom. The molecule has 7 rings (SSSR count). The number of aliphatic imine (C=N–C) groups is 1. The highest BCUT2D eigenvalue weighted by molar-refractivity contribution is 8.27. The second-order valence-corrected chi connectivity index (χ2v) is 10.6. The molecule has 2 aliphatic rings. The van der Waals surface area contributed by atoms with Crippen molar-refractivity contribution in [1.29, 1.82) is 5.41 Å². The number of aromatic nitrogens is 1. The van der Waals surface area contributed by atoms with Crippen molar-refractivity contribution in [3.05, 3.63) is 124 Å². The second-order valence-electron chi connectivity index (χ2n) is 9.27. The molecule has 4 aromatic carbocycles. The number of thioether (sulfide) groups is 1. The molecule has 0 fully saturated rings. The molecule has 0 saturated carbocycles. The van der Waals surface area contributed by atoms with E-state index in [1.54, 1.807) is 12.1 Å². The van der Waals surface area contributed by atoms with Gasteiger partial charge < -0.3 is 4.57 Å². The van der Waals surface area contributed by atoms with Crippen molar-refractivity contribution in [3.63, 3.8) is 0 Å². The minimum Gasteiger partial charge on any atom is -0.342 e. The number of fused-ring (bicyclic) bond motifs is 3. The van der Waals surface area contributed by atoms with Gasteiger partial charge in [0.1, 0.15) is 5.04 Å². The van der Waals surface area contributed by atoms with Crippen molar-refractivity contribution in [2.24, 2.45) is 10.1 Å². The number of halogens is 1. The van der Waals surface area contributed by atoms with Crippen molar-refractivity contribution < 1.29 is 4.79 Å². The van der Waals surface area contributed by atoms with E-state index < -0.39 is 5.91 Å². The summed E-state index contributed by atoms with van der Waals surface area (Å²) in [5, 5.41) is 19.7. The minimum atomic E-state index is -0.458. The Kier molecular flexibility index (Phi) is 5.68. The zero-order valence-corrected chi connectivity index (χ0v) is 22.1. The Hall–Kier alpha value is -4.46. The monoisotopic (exact) mass is 545 g/mol. The van der Waals surface area contributed by atoms with Gasteiger partial charge in [-0.05, 0) is 46.3 Å². The summed E-state index contributed by atoms with van der Waals surface area (Å²) >= 11 is 7.60. The predicted octanol–water partition coefficient (Wildman–Crippen LogP) is 7.16. The zero-order valence-electron chi connectivity index (χ0n) is 20.5. The lowest BCUT2D eigenvalue weighted by molar-refractivity contribution is -0.114. The standard InChI is InChI=1S/C31H20ClN5OS/c32-26-14-5-3-13-24(26)30-35-37-28(33)25(29(38)34-31(37)39-30)16-21-18-36(27-15-6-4-12-23(21)27)17-20-10-7-9-19-8-1-2-11-22(19)20/h1-16,18,33H,17H2/b25-16+,33-28?. The van der Waals surface area contributed by atoms with Crippen molar-refractivity contribution in [3.8, 4) is 0 Å². The molecule has 188 valence electrons. The first-order chi connectivity index (χ1) is 19.1. The molecule has 5 aromatic rings. The number of nitrogens with one attached hydrogen (secondary N) is 1. The molecule has 1 N–H and O–H groups in total. The van der Waals surface area contributed by atoms with Crippen LogP contribution in [0, 0.1) is 5.41 Å². The van der Waals surface area contributed by atoms with E-state index in [0.717, 1.165) is 22.0 Å². The minimum absolute atomic E-state index is 0.00885. The van der Waals surface area contributed by atoms with Gasteiger partial charge in [-0.15, -0.1) is 0 Å². The maximum absolute atomic E-state index is 13.1. The number of nitrogens with zero attached hydrogens (tertiary/aromatic N) is 4. The first kappa shape index (κ1) is 23.6. The quantitative estimate of drug-likeness (QED) is 0.243. The fourth-order valence-corrected chi connectivity index (χ4v) is 6.24. The van der Waals surface area contributed by atoms with Crippen LogP contribution < -0.4 is 0 Å². The average Bonchev–Trinajstić information content (AvgIpc) is 3.53. The van der Waals surface area contributed by atoms with Gasteiger partial charge in [-0.3, -0.25) is 10.2 Å². The molecule has 0 bridgehead atoms. The number of amides is 1. The summed E-state index contributed by atoms with van der Waals surface area (Å²) in [5.41, 5.74) is 4.03. The van der Waals surface area contributed by atoms with Crippen molar-refractivity contribution in [1.82, 2.24) is 9.58 Å². The molecule has 6 nitrogen and oxygen atoms in total. The molecule has 3 heterocycles. The molecular weight excluding hydrogens is 526 g/mol. The Bertz CT molecular complexity index is 1930. The summed E-state index contributed by atoms with van der Waals surface area (Å²) in [6, 6.07) is 30.2. The fraction of sp³-hybridized carbons (Fsp3) is 0.0323. The van der Waals surface area contributed by atoms with Crippen molar-refractivity contribution >= 4 is 73.1 Å². The molecule has 0 aliphatic carbocycles. The summed E-state index contributed by atoms with van der Waals surface area (Å²) in [6.45, 7) is 0.674. The van der Waals surface area contributed by atoms with Gasteiger partial charge in [0.15, 0.2) is 5.84 Å². The van der Waals surface area contributed by atoms with E-state index in [1.165, 1.54) is 33.1 Å². The molecule has 0 atom stereocenters. The van der Waals surface area contributed by atoms with E-state index >= 15 is 0 Å². The molecule has 2 aliphatic heterocycles. The average molecular weight is 546 g/mol. The third-order valence-electron chi connectivity index (χ3n) is 6.90. The van der Waals surface area contributed by atoms with Gasteiger partial charge in [0, 0.05) is 34.8 Å². The zero-order chi connectivity index (χ0) is 26.5. The van der Waals surface area contributed by atoms with Gasteiger partial charge >= 0.3 is 0 Å². The van der Waals surface area contributed by atoms with Crippen LogP contribution in [0.5, 0.6) is 0 Å². The normalized spacial score (nSPS) is 16.2. The largest absolute Gasteiger partial charge is 0.342 e. The SMILES string of the molecule is N=C1/C(=C\c2cn(Cc3cccc4ccccc34)c3ccccc23)C(=O)N=C2SC(c3ccccc3Cl)=NN12. The lowest BCUT2D eigenvalue weighted by Crippen LogP contribution is -2.35. The molecule has 0 radical (unpaired) electrons. The van der Waals surface area contributed by atoms with E-state index in [-0.39, 0.29) is 11.4 Å². The Morgan fingerprint density at radius 2 is 1.64 bits per heavy atom. The van der Waals surface area contributed by atoms with Crippen LogP contribution in [0.1, 0.15) is 16.7 Å². The first-order valence-electron chi connectivity index (χ1n) is 12.4. The van der Waals surface area contributed by atoms with Gasteiger partial charge in [-0.2, -0.15) is 15.1 Å². The number of amidine groups is 2. The molecule has 39 heavy (non-hydrogen) atoms. The number of hydrogen-bond acceptors (Lipinski definition) is 4. The molecule has 1 aromatic heterocycles. The summed E-state index contributed by atoms with van der Waals surface area (Å²) in [7, 11) is 0. The molecule has 8 heteroatoms. The van der Waals surface area contributed by atoms with Crippen LogP contribution in [-0.4, -0.2) is 31.5 Å². The number of rotatable bonds is 4. The molecular formula is C31H20ClN5OS. The van der Waals surface area contributed by atoms with Gasteiger partial charge in [0.05, 0.1) is 10.6 Å². The Morgan fingerprint density at radius 3 is 2.51 bits per heavy atom. The van der Waals surface area contributed by atoms with E-state index in [9.17, 15) is 4.79 Å². The van der Waals surface area contributed by atoms with Crippen LogP contribution in [0.4, 0.5) is 0 Å². The van der Waals surface area contributed by atoms with Crippen molar-refractivity contribution in [2.75, 3.05) is 0 Å². The molecule has 0 saturated heterocycles. The van der Waals surface area contributed by atoms with Crippen LogP contribution >= 0.6 is 23.4 Å². The van der Waals surface area contributed by atoms with Crippen LogP contribution in [0.25, 0.3) is 27.8 Å². The number of carbonyl (C=O) groups is 1. The van der Waals surface area contributed by atoms with Gasteiger partial charge in [0.25, 0.3) is 5.91 Å². The topological polar surface area (TPSA) is 73.8 Å². The maximum Gasteiger partial charge on any atom is 0.283 e. The van der Waals surface area contributed by atoms with Crippen molar-refractivity contribution in [2.45, 2.75) is 6.54 Å². The number of hydrazone groups is 1. The highest BCUT2D eigenvalue weighted by atomic mass is 35.5. The summed E-state index contributed by atoms with van der Waals surface area (Å²) < 4.78 is 2.19. The van der Waals surface area contributed by atoms with E-state index in [4.69, 9.17) is 17.0 Å². The summed E-state index contributed by atoms with van der Waals surface area (Å²) in [4.78, 5) is 17.4. The van der Waals surface area contributed by atoms with Gasteiger partial charge in [-0.1, -0.05) is 90.5 Å². The first-order valence-corrected chi connectivity index (χ1v) is 13.6. The predicted molar refractivity (Wildman–Crippen MR) is 161 cm³/mol. The molecule has 0 unspecified atom stereocenters. The number of carbonyl (C=O) groups excluding carboxylic acids is 1. The lowest BCUT2D eigenvalue weighted by Gasteiger charge is -2.20. The van der Waals surface area contributed by atoms with E-state index in [0.29, 0.717) is 21.8 Å². The maximum atomic E-state index is 13.1. The third-order valence-corrected chi connectivity index (χ3v) is 8.17. The van der Waals surface area contributed by atoms with Gasteiger partial charge in [0.2, 0.25) is 5.17 Å². The van der Waals surface area contributed by atoms with Crippen LogP contribution in [0.2, 0.25) is 5.02 Å². The second kappa shape index (κ2) is 9.38. The van der Waals surface area contributed by atoms with Gasteiger partial charge in [-0.25, -0.2) is 0 Å². The van der Waals surface area contributed by atoms with E-state index in [1.807, 2.05) is 48.7 Å². The Balaban J connectivity index is 1.28. The molecule has 1 amide bonds. The Labute approximate surface area is 233 Å². The number of benzene rings is 4. The summed E-state index contributed by atoms with van der Waals surface area (Å²) in [6.07, 6.45) is 3.79. The lowest BCUT2D eigenvalue weighted by atomic mass is 10.0. The highest BCUT2D eigenvalue weighted by Crippen LogP contribution is 2.34. The fourth-order valence-electron chi connectivity index (χ4n) is 5.03. The molecule has 0 spiro atoms. The van der Waals surface area contributed by atoms with Crippen LogP contribution in [-0.2, 0) is 11.3 Å². The number of hydrogen-bond donors (Lipinski definition) is 1. The third kappa shape index (κ3) is 4.07.